The summed E-state index contributed by atoms with van der Waals surface area (Å²) in [5.41, 5.74) is 4.35. The SMILES string of the molecule is Cc1c(CCC(=O)O)n(C)c2c(C)c(Cl)ccc12. The largest absolute Gasteiger partial charge is 0.481 e. The van der Waals surface area contributed by atoms with Gasteiger partial charge in [-0.05, 0) is 37.5 Å². The van der Waals surface area contributed by atoms with Gasteiger partial charge in [-0.1, -0.05) is 17.7 Å². The molecule has 18 heavy (non-hydrogen) atoms. The van der Waals surface area contributed by atoms with E-state index in [4.69, 9.17) is 16.7 Å². The number of rotatable bonds is 3. The van der Waals surface area contributed by atoms with Crippen LogP contribution in [0.5, 0.6) is 0 Å². The third-order valence-electron chi connectivity index (χ3n) is 3.52. The zero-order chi connectivity index (χ0) is 13.4. The molecule has 1 heterocycles. The highest BCUT2D eigenvalue weighted by molar-refractivity contribution is 6.32. The number of fused-ring (bicyclic) bond motifs is 1. The molecule has 0 unspecified atom stereocenters. The molecule has 0 aliphatic rings. The van der Waals surface area contributed by atoms with Crippen molar-refractivity contribution in [2.75, 3.05) is 0 Å². The highest BCUT2D eigenvalue weighted by Gasteiger charge is 2.15. The smallest absolute Gasteiger partial charge is 0.303 e. The molecule has 0 saturated heterocycles. The number of hydrogen-bond donors (Lipinski definition) is 1. The Morgan fingerprint density at radius 3 is 2.61 bits per heavy atom. The summed E-state index contributed by atoms with van der Waals surface area (Å²) in [6, 6.07) is 3.90. The van der Waals surface area contributed by atoms with Crippen molar-refractivity contribution < 1.29 is 9.90 Å². The molecule has 96 valence electrons. The molecule has 0 spiro atoms. The van der Waals surface area contributed by atoms with Crippen molar-refractivity contribution in [2.45, 2.75) is 26.7 Å². The summed E-state index contributed by atoms with van der Waals surface area (Å²) in [7, 11) is 1.97. The van der Waals surface area contributed by atoms with Gasteiger partial charge in [-0.25, -0.2) is 0 Å². The van der Waals surface area contributed by atoms with E-state index in [1.165, 1.54) is 0 Å². The average molecular weight is 266 g/mol. The van der Waals surface area contributed by atoms with Gasteiger partial charge >= 0.3 is 5.97 Å². The molecule has 2 rings (SSSR count). The number of carboxylic acids is 1. The standard InChI is InChI=1S/C14H16ClNO2/c1-8-10-4-5-11(15)9(2)14(10)16(3)12(8)6-7-13(17)18/h4-5H,6-7H2,1-3H3,(H,17,18). The molecule has 0 amide bonds. The maximum Gasteiger partial charge on any atom is 0.303 e. The van der Waals surface area contributed by atoms with Gasteiger partial charge in [0.1, 0.15) is 0 Å². The molecule has 0 aliphatic carbocycles. The maximum absolute atomic E-state index is 10.7. The monoisotopic (exact) mass is 265 g/mol. The number of aliphatic carboxylic acids is 1. The molecule has 2 aromatic rings. The Kier molecular flexibility index (Phi) is 3.35. The van der Waals surface area contributed by atoms with Crippen LogP contribution < -0.4 is 0 Å². The van der Waals surface area contributed by atoms with Gasteiger partial charge in [0.25, 0.3) is 0 Å². The van der Waals surface area contributed by atoms with E-state index in [0.717, 1.165) is 32.7 Å². The Balaban J connectivity index is 2.62. The summed E-state index contributed by atoms with van der Waals surface area (Å²) in [4.78, 5) is 10.7. The second-order valence-corrected chi connectivity index (χ2v) is 5.00. The number of aryl methyl sites for hydroxylation is 3. The summed E-state index contributed by atoms with van der Waals surface area (Å²) in [5, 5.41) is 10.7. The minimum Gasteiger partial charge on any atom is -0.481 e. The van der Waals surface area contributed by atoms with Gasteiger partial charge in [0.2, 0.25) is 0 Å². The van der Waals surface area contributed by atoms with Gasteiger partial charge < -0.3 is 9.67 Å². The second kappa shape index (κ2) is 4.65. The van der Waals surface area contributed by atoms with Crippen LogP contribution in [-0.4, -0.2) is 15.6 Å². The first kappa shape index (κ1) is 13.0. The van der Waals surface area contributed by atoms with Crippen molar-refractivity contribution in [2.24, 2.45) is 7.05 Å². The minimum atomic E-state index is -0.769. The zero-order valence-electron chi connectivity index (χ0n) is 10.7. The van der Waals surface area contributed by atoms with Crippen LogP contribution in [0.25, 0.3) is 10.9 Å². The Hall–Kier alpha value is -1.48. The molecular weight excluding hydrogens is 250 g/mol. The molecule has 3 nitrogen and oxygen atoms in total. The van der Waals surface area contributed by atoms with Crippen molar-refractivity contribution in [1.82, 2.24) is 4.57 Å². The van der Waals surface area contributed by atoms with Gasteiger partial charge in [0, 0.05) is 23.2 Å². The van der Waals surface area contributed by atoms with Crippen molar-refractivity contribution in [3.05, 3.63) is 34.0 Å². The van der Waals surface area contributed by atoms with Crippen LogP contribution in [0.3, 0.4) is 0 Å². The van der Waals surface area contributed by atoms with Gasteiger partial charge in [-0.3, -0.25) is 4.79 Å². The van der Waals surface area contributed by atoms with Crippen molar-refractivity contribution >= 4 is 28.5 Å². The molecule has 0 bridgehead atoms. The Labute approximate surface area is 111 Å². The highest BCUT2D eigenvalue weighted by Crippen LogP contribution is 2.31. The van der Waals surface area contributed by atoms with Crippen LogP contribution in [0.4, 0.5) is 0 Å². The summed E-state index contributed by atoms with van der Waals surface area (Å²) >= 11 is 6.14. The average Bonchev–Trinajstić information content (AvgIpc) is 2.54. The molecule has 0 radical (unpaired) electrons. The first-order valence-corrected chi connectivity index (χ1v) is 6.26. The van der Waals surface area contributed by atoms with E-state index < -0.39 is 5.97 Å². The van der Waals surface area contributed by atoms with Crippen LogP contribution in [0, 0.1) is 13.8 Å². The van der Waals surface area contributed by atoms with Crippen LogP contribution in [0.1, 0.15) is 23.2 Å². The number of hydrogen-bond acceptors (Lipinski definition) is 1. The van der Waals surface area contributed by atoms with Crippen molar-refractivity contribution in [3.63, 3.8) is 0 Å². The lowest BCUT2D eigenvalue weighted by Crippen LogP contribution is -2.03. The fraction of sp³-hybridized carbons (Fsp3) is 0.357. The predicted octanol–water partition coefficient (Wildman–Crippen LogP) is 3.47. The van der Waals surface area contributed by atoms with Gasteiger partial charge in [0.15, 0.2) is 0 Å². The van der Waals surface area contributed by atoms with Gasteiger partial charge in [0.05, 0.1) is 11.9 Å². The molecular formula is C14H16ClNO2. The summed E-state index contributed by atoms with van der Waals surface area (Å²) < 4.78 is 2.06. The fourth-order valence-corrected chi connectivity index (χ4v) is 2.69. The normalized spacial score (nSPS) is 11.1. The predicted molar refractivity (Wildman–Crippen MR) is 73.4 cm³/mol. The van der Waals surface area contributed by atoms with Gasteiger partial charge in [-0.2, -0.15) is 0 Å². The maximum atomic E-state index is 10.7. The van der Waals surface area contributed by atoms with Crippen LogP contribution in [0.2, 0.25) is 5.02 Å². The van der Waals surface area contributed by atoms with Crippen molar-refractivity contribution in [3.8, 4) is 0 Å². The lowest BCUT2D eigenvalue weighted by atomic mass is 10.1. The topological polar surface area (TPSA) is 42.2 Å². The zero-order valence-corrected chi connectivity index (χ0v) is 11.5. The summed E-state index contributed by atoms with van der Waals surface area (Å²) in [5.74, 6) is -0.769. The third-order valence-corrected chi connectivity index (χ3v) is 3.93. The third kappa shape index (κ3) is 1.99. The van der Waals surface area contributed by atoms with E-state index in [-0.39, 0.29) is 6.42 Å². The molecule has 0 fully saturated rings. The fourth-order valence-electron chi connectivity index (χ4n) is 2.53. The molecule has 4 heteroatoms. The van der Waals surface area contributed by atoms with Crippen molar-refractivity contribution in [1.29, 1.82) is 0 Å². The Morgan fingerprint density at radius 1 is 1.33 bits per heavy atom. The minimum absolute atomic E-state index is 0.151. The van der Waals surface area contributed by atoms with Crippen LogP contribution in [0.15, 0.2) is 12.1 Å². The molecule has 0 atom stereocenters. The number of halogens is 1. The van der Waals surface area contributed by atoms with E-state index in [1.807, 2.05) is 33.0 Å². The number of nitrogens with zero attached hydrogens (tertiary/aromatic N) is 1. The first-order valence-electron chi connectivity index (χ1n) is 5.88. The van der Waals surface area contributed by atoms with Crippen LogP contribution >= 0.6 is 11.6 Å². The lowest BCUT2D eigenvalue weighted by Gasteiger charge is -2.06. The number of carboxylic acid groups (broad SMARTS) is 1. The second-order valence-electron chi connectivity index (χ2n) is 4.59. The Morgan fingerprint density at radius 2 is 2.00 bits per heavy atom. The summed E-state index contributed by atoms with van der Waals surface area (Å²) in [6.07, 6.45) is 0.696. The van der Waals surface area contributed by atoms with E-state index in [9.17, 15) is 4.79 Å². The lowest BCUT2D eigenvalue weighted by molar-refractivity contribution is -0.136. The van der Waals surface area contributed by atoms with Gasteiger partial charge in [-0.15, -0.1) is 0 Å². The molecule has 0 saturated carbocycles. The quantitative estimate of drug-likeness (QED) is 0.923. The van der Waals surface area contributed by atoms with E-state index in [1.54, 1.807) is 0 Å². The number of aromatic nitrogens is 1. The molecule has 1 N–H and O–H groups in total. The summed E-state index contributed by atoms with van der Waals surface area (Å²) in [6.45, 7) is 4.03. The van der Waals surface area contributed by atoms with E-state index >= 15 is 0 Å². The van der Waals surface area contributed by atoms with E-state index in [2.05, 4.69) is 4.57 Å². The van der Waals surface area contributed by atoms with Crippen LogP contribution in [-0.2, 0) is 18.3 Å². The highest BCUT2D eigenvalue weighted by atomic mass is 35.5. The van der Waals surface area contributed by atoms with E-state index in [0.29, 0.717) is 6.42 Å². The Bertz CT molecular complexity index is 628. The molecule has 1 aromatic heterocycles. The molecule has 1 aromatic carbocycles. The first-order chi connectivity index (χ1) is 8.43. The molecule has 0 aliphatic heterocycles. The number of carbonyl (C=O) groups is 1. The number of benzene rings is 1.